The third-order valence-electron chi connectivity index (χ3n) is 4.69. The van der Waals surface area contributed by atoms with Crippen molar-refractivity contribution >= 4 is 5.82 Å². The molecule has 2 N–H and O–H groups in total. The van der Waals surface area contributed by atoms with Gasteiger partial charge < -0.3 is 10.6 Å². The molecule has 2 atom stereocenters. The molecule has 2 unspecified atom stereocenters. The molecule has 0 aliphatic carbocycles. The van der Waals surface area contributed by atoms with E-state index in [1.807, 2.05) is 19.2 Å². The minimum Gasteiger partial charge on any atom is -0.355 e. The lowest BCUT2D eigenvalue weighted by atomic mass is 10.1. The number of nitrogens with zero attached hydrogens (tertiary/aromatic N) is 3. The smallest absolute Gasteiger partial charge is 0.128 e. The summed E-state index contributed by atoms with van der Waals surface area (Å²) in [4.78, 5) is 9.64. The van der Waals surface area contributed by atoms with Crippen LogP contribution in [0.4, 0.5) is 5.82 Å². The highest BCUT2D eigenvalue weighted by Crippen LogP contribution is 2.25. The fourth-order valence-corrected chi connectivity index (χ4v) is 3.42. The zero-order chi connectivity index (χ0) is 13.9. The Bertz CT molecular complexity index is 440. The van der Waals surface area contributed by atoms with E-state index in [0.29, 0.717) is 0 Å². The standard InChI is InChI=1S/C16H26N4/c1-13(17)14-5-7-18-16(11-14)20-10-6-15(12-20)19-8-3-2-4-9-19/h5,7,11,13,15H,2-4,6,8-10,12,17H2,1H3. The molecular weight excluding hydrogens is 248 g/mol. The van der Waals surface area contributed by atoms with Crippen molar-refractivity contribution in [2.75, 3.05) is 31.1 Å². The maximum atomic E-state index is 5.97. The second kappa shape index (κ2) is 6.10. The Morgan fingerprint density at radius 1 is 1.25 bits per heavy atom. The van der Waals surface area contributed by atoms with Crippen molar-refractivity contribution < 1.29 is 0 Å². The first-order valence-electron chi connectivity index (χ1n) is 7.94. The third-order valence-corrected chi connectivity index (χ3v) is 4.69. The minimum absolute atomic E-state index is 0.0808. The van der Waals surface area contributed by atoms with Gasteiger partial charge in [0.1, 0.15) is 5.82 Å². The summed E-state index contributed by atoms with van der Waals surface area (Å²) < 4.78 is 0. The number of anilines is 1. The van der Waals surface area contributed by atoms with Crippen molar-refractivity contribution in [3.63, 3.8) is 0 Å². The van der Waals surface area contributed by atoms with Crippen molar-refractivity contribution in [1.82, 2.24) is 9.88 Å². The zero-order valence-electron chi connectivity index (χ0n) is 12.5. The molecule has 20 heavy (non-hydrogen) atoms. The molecule has 110 valence electrons. The van der Waals surface area contributed by atoms with Gasteiger partial charge in [0.25, 0.3) is 0 Å². The van der Waals surface area contributed by atoms with E-state index < -0.39 is 0 Å². The summed E-state index contributed by atoms with van der Waals surface area (Å²) in [5, 5.41) is 0. The van der Waals surface area contributed by atoms with E-state index in [1.165, 1.54) is 44.3 Å². The maximum absolute atomic E-state index is 5.97. The van der Waals surface area contributed by atoms with Crippen LogP contribution < -0.4 is 10.6 Å². The molecule has 3 rings (SSSR count). The first kappa shape index (κ1) is 13.8. The molecule has 4 nitrogen and oxygen atoms in total. The van der Waals surface area contributed by atoms with E-state index in [2.05, 4.69) is 20.9 Å². The van der Waals surface area contributed by atoms with E-state index in [1.54, 1.807) is 0 Å². The molecule has 2 saturated heterocycles. The average molecular weight is 274 g/mol. The maximum Gasteiger partial charge on any atom is 0.128 e. The van der Waals surface area contributed by atoms with Gasteiger partial charge in [0.05, 0.1) is 0 Å². The van der Waals surface area contributed by atoms with Crippen LogP contribution in [0.2, 0.25) is 0 Å². The number of hydrogen-bond donors (Lipinski definition) is 1. The van der Waals surface area contributed by atoms with Gasteiger partial charge in [-0.3, -0.25) is 4.90 Å². The molecule has 2 fully saturated rings. The lowest BCUT2D eigenvalue weighted by Gasteiger charge is -2.32. The molecule has 1 aromatic rings. The molecule has 0 saturated carbocycles. The van der Waals surface area contributed by atoms with Gasteiger partial charge in [-0.1, -0.05) is 6.42 Å². The quantitative estimate of drug-likeness (QED) is 0.917. The van der Waals surface area contributed by atoms with Gasteiger partial charge in [-0.25, -0.2) is 4.98 Å². The predicted molar refractivity (Wildman–Crippen MR) is 82.9 cm³/mol. The summed E-state index contributed by atoms with van der Waals surface area (Å²) in [6.45, 7) is 6.84. The highest BCUT2D eigenvalue weighted by Gasteiger charge is 2.29. The average Bonchev–Trinajstić information content (AvgIpc) is 2.98. The number of nitrogens with two attached hydrogens (primary N) is 1. The van der Waals surface area contributed by atoms with E-state index >= 15 is 0 Å². The molecule has 2 aliphatic heterocycles. The third kappa shape index (κ3) is 2.96. The van der Waals surface area contributed by atoms with Crippen LogP contribution in [0.25, 0.3) is 0 Å². The highest BCUT2D eigenvalue weighted by atomic mass is 15.3. The summed E-state index contributed by atoms with van der Waals surface area (Å²) >= 11 is 0. The first-order valence-corrected chi connectivity index (χ1v) is 7.94. The van der Waals surface area contributed by atoms with Gasteiger partial charge in [-0.05, 0) is 57.0 Å². The zero-order valence-corrected chi connectivity index (χ0v) is 12.5. The first-order chi connectivity index (χ1) is 9.74. The van der Waals surface area contributed by atoms with Crippen molar-refractivity contribution in [3.05, 3.63) is 23.9 Å². The van der Waals surface area contributed by atoms with Crippen LogP contribution in [0.5, 0.6) is 0 Å². The Labute approximate surface area is 122 Å². The normalized spacial score (nSPS) is 25.9. The highest BCUT2D eigenvalue weighted by molar-refractivity contribution is 5.43. The molecule has 0 radical (unpaired) electrons. The summed E-state index contributed by atoms with van der Waals surface area (Å²) in [5.41, 5.74) is 7.15. The van der Waals surface area contributed by atoms with Crippen LogP contribution in [0.1, 0.15) is 44.2 Å². The molecule has 0 aromatic carbocycles. The van der Waals surface area contributed by atoms with Gasteiger partial charge in [-0.15, -0.1) is 0 Å². The van der Waals surface area contributed by atoms with Gasteiger partial charge in [-0.2, -0.15) is 0 Å². The number of aromatic nitrogens is 1. The molecule has 4 heteroatoms. The Balaban J connectivity index is 1.65. The Hall–Kier alpha value is -1.13. The van der Waals surface area contributed by atoms with E-state index in [4.69, 9.17) is 5.73 Å². The summed E-state index contributed by atoms with van der Waals surface area (Å²) in [6, 6.07) is 4.98. The minimum atomic E-state index is 0.0808. The summed E-state index contributed by atoms with van der Waals surface area (Å²) in [5.74, 6) is 1.10. The number of rotatable bonds is 3. The second-order valence-corrected chi connectivity index (χ2v) is 6.22. The van der Waals surface area contributed by atoms with Gasteiger partial charge in [0.15, 0.2) is 0 Å². The van der Waals surface area contributed by atoms with Crippen LogP contribution in [-0.2, 0) is 0 Å². The largest absolute Gasteiger partial charge is 0.355 e. The van der Waals surface area contributed by atoms with Crippen LogP contribution in [0, 0.1) is 0 Å². The lowest BCUT2D eigenvalue weighted by molar-refractivity contribution is 0.175. The Morgan fingerprint density at radius 2 is 2.05 bits per heavy atom. The Morgan fingerprint density at radius 3 is 2.80 bits per heavy atom. The summed E-state index contributed by atoms with van der Waals surface area (Å²) in [6.07, 6.45) is 7.31. The number of hydrogen-bond acceptors (Lipinski definition) is 4. The molecule has 2 aliphatic rings. The molecule has 1 aromatic heterocycles. The number of pyridine rings is 1. The predicted octanol–water partition coefficient (Wildman–Crippen LogP) is 2.17. The van der Waals surface area contributed by atoms with E-state index in [9.17, 15) is 0 Å². The number of likely N-dealkylation sites (tertiary alicyclic amines) is 1. The lowest BCUT2D eigenvalue weighted by Crippen LogP contribution is -2.40. The van der Waals surface area contributed by atoms with Crippen LogP contribution in [-0.4, -0.2) is 42.1 Å². The fourth-order valence-electron chi connectivity index (χ4n) is 3.42. The topological polar surface area (TPSA) is 45.4 Å². The second-order valence-electron chi connectivity index (χ2n) is 6.22. The van der Waals surface area contributed by atoms with Gasteiger partial charge in [0, 0.05) is 31.4 Å². The molecular formula is C16H26N4. The van der Waals surface area contributed by atoms with E-state index in [0.717, 1.165) is 24.9 Å². The van der Waals surface area contributed by atoms with Crippen LogP contribution in [0.3, 0.4) is 0 Å². The monoisotopic (exact) mass is 274 g/mol. The van der Waals surface area contributed by atoms with Crippen molar-refractivity contribution in [3.8, 4) is 0 Å². The SMILES string of the molecule is CC(N)c1ccnc(N2CCC(N3CCCCC3)C2)c1. The van der Waals surface area contributed by atoms with Crippen molar-refractivity contribution in [2.45, 2.75) is 44.7 Å². The van der Waals surface area contributed by atoms with Gasteiger partial charge >= 0.3 is 0 Å². The molecule has 3 heterocycles. The molecule has 0 spiro atoms. The van der Waals surface area contributed by atoms with Crippen molar-refractivity contribution in [2.24, 2.45) is 5.73 Å². The van der Waals surface area contributed by atoms with E-state index in [-0.39, 0.29) is 6.04 Å². The Kier molecular flexibility index (Phi) is 4.22. The van der Waals surface area contributed by atoms with Crippen LogP contribution >= 0.6 is 0 Å². The number of piperidine rings is 1. The molecule has 0 amide bonds. The fraction of sp³-hybridized carbons (Fsp3) is 0.688. The van der Waals surface area contributed by atoms with Crippen molar-refractivity contribution in [1.29, 1.82) is 0 Å². The van der Waals surface area contributed by atoms with Crippen LogP contribution in [0.15, 0.2) is 18.3 Å². The summed E-state index contributed by atoms with van der Waals surface area (Å²) in [7, 11) is 0. The van der Waals surface area contributed by atoms with Gasteiger partial charge in [0.2, 0.25) is 0 Å². The molecule has 0 bridgehead atoms.